The molecule has 0 bridgehead atoms. The summed E-state index contributed by atoms with van der Waals surface area (Å²) in [6, 6.07) is 0. The Morgan fingerprint density at radius 2 is 1.33 bits per heavy atom. The zero-order valence-electron chi connectivity index (χ0n) is 3.21. The van der Waals surface area contributed by atoms with Crippen molar-refractivity contribution >= 4 is 28.0 Å². The second-order valence-electron chi connectivity index (χ2n) is 0.715. The first kappa shape index (κ1) is 6.91. The molecule has 4 nitrogen and oxygen atoms in total. The molecule has 37 valence electrons. The molecule has 0 spiro atoms. The normalized spacial score (nSPS) is 30.3. The van der Waals surface area contributed by atoms with Crippen molar-refractivity contribution in [3.05, 3.63) is 0 Å². The molecule has 1 heterocycles. The van der Waals surface area contributed by atoms with Gasteiger partial charge in [-0.05, 0) is 0 Å². The van der Waals surface area contributed by atoms with Crippen LogP contribution in [0.3, 0.4) is 0 Å². The van der Waals surface area contributed by atoms with Crippen LogP contribution in [0.25, 0.3) is 0 Å². The van der Waals surface area contributed by atoms with Gasteiger partial charge in [-0.25, -0.2) is 0 Å². The van der Waals surface area contributed by atoms with Crippen LogP contribution in [0, 0.1) is 0 Å². The van der Waals surface area contributed by atoms with Crippen LogP contribution < -0.4 is 0 Å². The standard InChI is InChI=1S/Ga.H3O4P.2H/c;1-5(2)3-4-5;;/h;1-2,5H;;. The summed E-state index contributed by atoms with van der Waals surface area (Å²) in [7, 11) is -3.36. The molecular weight excluding hydrogens is 165 g/mol. The molecular formula is H5GaO4P. The molecule has 0 amide bonds. The van der Waals surface area contributed by atoms with E-state index >= 15 is 0 Å². The van der Waals surface area contributed by atoms with Crippen LogP contribution in [0.2, 0.25) is 0 Å². The van der Waals surface area contributed by atoms with Crippen LogP contribution in [-0.4, -0.2) is 29.6 Å². The van der Waals surface area contributed by atoms with E-state index in [1.54, 1.807) is 0 Å². The summed E-state index contributed by atoms with van der Waals surface area (Å²) < 4.78 is 7.29. The van der Waals surface area contributed by atoms with Crippen molar-refractivity contribution in [2.75, 3.05) is 0 Å². The van der Waals surface area contributed by atoms with Gasteiger partial charge in [0, 0.05) is 0 Å². The number of rotatable bonds is 0. The summed E-state index contributed by atoms with van der Waals surface area (Å²) in [5.74, 6) is 0. The quantitative estimate of drug-likeness (QED) is 0.199. The van der Waals surface area contributed by atoms with Crippen molar-refractivity contribution in [1.82, 2.24) is 0 Å². The van der Waals surface area contributed by atoms with Crippen molar-refractivity contribution in [2.45, 2.75) is 0 Å². The van der Waals surface area contributed by atoms with Gasteiger partial charge in [-0.2, -0.15) is 0 Å². The van der Waals surface area contributed by atoms with E-state index in [1.807, 2.05) is 0 Å². The third kappa shape index (κ3) is 2.15. The van der Waals surface area contributed by atoms with Crippen molar-refractivity contribution < 1.29 is 19.1 Å². The zero-order chi connectivity index (χ0) is 3.91. The van der Waals surface area contributed by atoms with E-state index in [0.29, 0.717) is 0 Å². The van der Waals surface area contributed by atoms with E-state index in [-0.39, 0.29) is 19.8 Å². The summed E-state index contributed by atoms with van der Waals surface area (Å²) in [5, 5.41) is 0. The fraction of sp³-hybridized carbons (Fsp3) is 0. The summed E-state index contributed by atoms with van der Waals surface area (Å²) in [4.78, 5) is 15.8. The first-order valence-corrected chi connectivity index (χ1v) is 2.73. The Bertz CT molecular complexity index is 45.5. The second-order valence-corrected chi connectivity index (χ2v) is 2.15. The van der Waals surface area contributed by atoms with Crippen LogP contribution in [-0.2, 0) is 9.35 Å². The summed E-state index contributed by atoms with van der Waals surface area (Å²) in [6.07, 6.45) is 0. The predicted octanol–water partition coefficient (Wildman–Crippen LogP) is -1.57. The van der Waals surface area contributed by atoms with Gasteiger partial charge >= 0.3 is 47.1 Å². The molecule has 6 heavy (non-hydrogen) atoms. The molecule has 2 N–H and O–H groups in total. The van der Waals surface area contributed by atoms with Gasteiger partial charge in [0.1, 0.15) is 0 Å². The molecule has 6 heteroatoms. The van der Waals surface area contributed by atoms with Gasteiger partial charge in [-0.1, -0.05) is 0 Å². The van der Waals surface area contributed by atoms with Crippen LogP contribution in [0.1, 0.15) is 0 Å². The first-order valence-electron chi connectivity index (χ1n) is 1.02. The molecule has 1 saturated heterocycles. The average Bonchev–Trinajstić information content (AvgIpc) is 1.76. The van der Waals surface area contributed by atoms with E-state index < -0.39 is 8.17 Å². The Hall–Kier alpha value is 0.906. The Labute approximate surface area is 47.7 Å². The third-order valence-corrected chi connectivity index (χ3v) is 0.697. The molecule has 0 saturated carbocycles. The molecule has 0 aromatic heterocycles. The number of hydrogen-bond acceptors (Lipinski definition) is 4. The zero-order valence-corrected chi connectivity index (χ0v) is 8.41. The fourth-order valence-electron chi connectivity index (χ4n) is 0.0373. The van der Waals surface area contributed by atoms with E-state index in [0.717, 1.165) is 0 Å². The molecule has 1 fully saturated rings. The molecule has 1 aliphatic rings. The van der Waals surface area contributed by atoms with E-state index in [9.17, 15) is 0 Å². The monoisotopic (exact) mass is 169 g/mol. The van der Waals surface area contributed by atoms with Crippen LogP contribution in [0.15, 0.2) is 0 Å². The molecule has 1 aliphatic heterocycles. The maximum absolute atomic E-state index is 7.88. The van der Waals surface area contributed by atoms with Gasteiger partial charge in [0.15, 0.2) is 0 Å². The van der Waals surface area contributed by atoms with Crippen molar-refractivity contribution in [1.29, 1.82) is 0 Å². The van der Waals surface area contributed by atoms with Crippen molar-refractivity contribution in [3.8, 4) is 0 Å². The van der Waals surface area contributed by atoms with Crippen LogP contribution >= 0.6 is 8.17 Å². The predicted molar refractivity (Wildman–Crippen MR) is 23.5 cm³/mol. The van der Waals surface area contributed by atoms with Gasteiger partial charge in [-0.3, -0.25) is 0 Å². The summed E-state index contributed by atoms with van der Waals surface area (Å²) in [6.45, 7) is 0. The van der Waals surface area contributed by atoms with Crippen molar-refractivity contribution in [2.24, 2.45) is 0 Å². The molecule has 0 aliphatic carbocycles. The van der Waals surface area contributed by atoms with Gasteiger partial charge in [0.05, 0.1) is 0 Å². The van der Waals surface area contributed by atoms with Crippen LogP contribution in [0.5, 0.6) is 0 Å². The Kier molecular flexibility index (Phi) is 2.06. The van der Waals surface area contributed by atoms with Gasteiger partial charge in [0.2, 0.25) is 0 Å². The molecule has 0 unspecified atom stereocenters. The Morgan fingerprint density at radius 1 is 1.17 bits per heavy atom. The molecule has 0 atom stereocenters. The SMILES string of the molecule is O[PH]1(O)OO1.[GaH2]. The Balaban J connectivity index is 0.000000250. The van der Waals surface area contributed by atoms with Gasteiger partial charge in [-0.15, -0.1) is 0 Å². The van der Waals surface area contributed by atoms with E-state index in [1.165, 1.54) is 0 Å². The topological polar surface area (TPSA) is 65.5 Å². The van der Waals surface area contributed by atoms with Crippen LogP contribution in [0.4, 0.5) is 0 Å². The summed E-state index contributed by atoms with van der Waals surface area (Å²) in [5.41, 5.74) is 0. The maximum atomic E-state index is 7.88. The minimum atomic E-state index is -3.36. The van der Waals surface area contributed by atoms with E-state index in [2.05, 4.69) is 9.35 Å². The molecule has 1 rings (SSSR count). The molecule has 0 aromatic carbocycles. The number of hydrogen-bond donors (Lipinski definition) is 2. The third-order valence-electron chi connectivity index (χ3n) is 0.232. The van der Waals surface area contributed by atoms with Crippen molar-refractivity contribution in [3.63, 3.8) is 0 Å². The molecule has 0 aromatic rings. The second kappa shape index (κ2) is 1.79. The van der Waals surface area contributed by atoms with E-state index in [4.69, 9.17) is 9.79 Å². The van der Waals surface area contributed by atoms with Gasteiger partial charge < -0.3 is 0 Å². The fourth-order valence-corrected chi connectivity index (χ4v) is 0.335. The minimum absolute atomic E-state index is 0. The first-order chi connectivity index (χ1) is 2.21. The van der Waals surface area contributed by atoms with Gasteiger partial charge in [0.25, 0.3) is 0 Å². The average molecular weight is 170 g/mol. The summed E-state index contributed by atoms with van der Waals surface area (Å²) >= 11 is 0. The molecule has 1 radical (unpaired) electrons. The Morgan fingerprint density at radius 3 is 1.33 bits per heavy atom.